The van der Waals surface area contributed by atoms with Crippen molar-refractivity contribution in [1.29, 1.82) is 0 Å². The lowest BCUT2D eigenvalue weighted by molar-refractivity contribution is -0.346. The van der Waals surface area contributed by atoms with E-state index in [0.29, 0.717) is 5.56 Å². The first kappa shape index (κ1) is 45.0. The summed E-state index contributed by atoms with van der Waals surface area (Å²) in [6.45, 7) is 10.2. The van der Waals surface area contributed by atoms with Crippen molar-refractivity contribution >= 4 is 61.5 Å². The van der Waals surface area contributed by atoms with Gasteiger partial charge in [-0.15, -0.1) is 0 Å². The molecule has 0 aromatic heterocycles. The Morgan fingerprint density at radius 2 is 1.59 bits per heavy atom. The second-order valence-electron chi connectivity index (χ2n) is 17.1. The summed E-state index contributed by atoms with van der Waals surface area (Å²) in [4.78, 5) is 69.3. The minimum absolute atomic E-state index is 0.0565. The number of alkyl halides is 2. The van der Waals surface area contributed by atoms with Gasteiger partial charge in [-0.1, -0.05) is 101 Å². The van der Waals surface area contributed by atoms with Gasteiger partial charge in [0.25, 0.3) is 0 Å². The predicted octanol–water partition coefficient (Wildman–Crippen LogP) is 3.79. The zero-order chi connectivity index (χ0) is 43.6. The molecule has 2 bridgehead atoms. The molecule has 0 spiro atoms. The number of halogens is 2. The molecule has 2 saturated carbocycles. The zero-order valence-corrected chi connectivity index (χ0v) is 37.0. The van der Waals surface area contributed by atoms with Gasteiger partial charge in [0.1, 0.15) is 34.3 Å². The van der Waals surface area contributed by atoms with Crippen LogP contribution in [0.5, 0.6) is 0 Å². The van der Waals surface area contributed by atoms with Crippen LogP contribution >= 0.6 is 31.9 Å². The van der Waals surface area contributed by atoms with Gasteiger partial charge in [-0.05, 0) is 49.6 Å². The molecule has 5 N–H and O–H groups in total. The molecular formula is C43H51Br2NO13. The van der Waals surface area contributed by atoms with Crippen molar-refractivity contribution in [1.82, 2.24) is 5.32 Å². The highest BCUT2D eigenvalue weighted by molar-refractivity contribution is 9.12. The SMILES string of the molecule is CC(=O)O[C@@]12CO[C@@H]1C[C@@H](O)[C@@]1(C)C(=O)[C@H](O)C3=C(C)[C@@H](OC(=O)[C@H](O)[C@@H](NC(=O)[C@@](C)(Br)[C@H](C)Br)c4ccccc4)C[C@@](O)([C@@H](OC(=O)c4ccccc4)[C@H]21)C3(C)C. The van der Waals surface area contributed by atoms with Crippen molar-refractivity contribution in [3.05, 3.63) is 82.9 Å². The van der Waals surface area contributed by atoms with Gasteiger partial charge in [0.05, 0.1) is 35.6 Å². The maximum Gasteiger partial charge on any atom is 0.338 e. The van der Waals surface area contributed by atoms with Gasteiger partial charge < -0.3 is 44.7 Å². The normalized spacial score (nSPS) is 34.8. The first-order valence-electron chi connectivity index (χ1n) is 19.4. The Balaban J connectivity index is 1.49. The molecular weight excluding hydrogens is 898 g/mol. The number of carbonyl (C=O) groups is 5. The quantitative estimate of drug-likeness (QED) is 0.0994. The molecule has 1 amide bonds. The number of fused-ring (bicyclic) bond motifs is 5. The molecule has 0 unspecified atom stereocenters. The lowest BCUT2D eigenvalue weighted by Gasteiger charge is -2.67. The molecule has 4 aliphatic rings. The van der Waals surface area contributed by atoms with Crippen LogP contribution in [-0.4, -0.2) is 114 Å². The van der Waals surface area contributed by atoms with E-state index >= 15 is 0 Å². The van der Waals surface area contributed by atoms with E-state index < -0.39 is 111 Å². The van der Waals surface area contributed by atoms with E-state index in [2.05, 4.69) is 37.2 Å². The second kappa shape index (κ2) is 16.1. The molecule has 1 aliphatic heterocycles. The van der Waals surface area contributed by atoms with Gasteiger partial charge in [0, 0.05) is 30.0 Å². The van der Waals surface area contributed by atoms with Crippen LogP contribution in [0.2, 0.25) is 0 Å². The van der Waals surface area contributed by atoms with Crippen molar-refractivity contribution in [2.24, 2.45) is 16.7 Å². The number of benzene rings is 2. The van der Waals surface area contributed by atoms with E-state index in [0.717, 1.165) is 6.92 Å². The fraction of sp³-hybridized carbons (Fsp3) is 0.558. The summed E-state index contributed by atoms with van der Waals surface area (Å²) in [6.07, 6.45) is -10.5. The summed E-state index contributed by atoms with van der Waals surface area (Å²) in [5.41, 5.74) is -7.15. The number of aliphatic hydroxyl groups is 4. The Labute approximate surface area is 359 Å². The molecule has 3 fully saturated rings. The second-order valence-corrected chi connectivity index (χ2v) is 20.1. The van der Waals surface area contributed by atoms with Crippen LogP contribution in [0.25, 0.3) is 0 Å². The van der Waals surface area contributed by atoms with E-state index in [1.54, 1.807) is 76.2 Å². The lowest BCUT2D eigenvalue weighted by Crippen LogP contribution is -2.81. The molecule has 1 saturated heterocycles. The Hall–Kier alpha value is -3.51. The van der Waals surface area contributed by atoms with Crippen LogP contribution in [0.15, 0.2) is 71.8 Å². The molecule has 3 aliphatic carbocycles. The number of hydrogen-bond donors (Lipinski definition) is 5. The maximum absolute atomic E-state index is 15.0. The van der Waals surface area contributed by atoms with Gasteiger partial charge in [0.15, 0.2) is 17.5 Å². The Kier molecular flexibility index (Phi) is 12.3. The number of amides is 1. The molecule has 1 heterocycles. The third-order valence-electron chi connectivity index (χ3n) is 13.4. The number of rotatable bonds is 10. The molecule has 13 atom stereocenters. The number of Topliss-reactive ketones (excluding diaryl/α,β-unsaturated/α-hetero) is 1. The molecule has 59 heavy (non-hydrogen) atoms. The smallest absolute Gasteiger partial charge is 0.338 e. The molecule has 6 rings (SSSR count). The van der Waals surface area contributed by atoms with E-state index in [4.69, 9.17) is 18.9 Å². The van der Waals surface area contributed by atoms with E-state index in [-0.39, 0.29) is 34.6 Å². The fourth-order valence-electron chi connectivity index (χ4n) is 9.59. The monoisotopic (exact) mass is 947 g/mol. The minimum atomic E-state index is -2.35. The Bertz CT molecular complexity index is 2020. The van der Waals surface area contributed by atoms with Crippen LogP contribution in [0.3, 0.4) is 0 Å². The highest BCUT2D eigenvalue weighted by Crippen LogP contribution is 2.64. The Morgan fingerprint density at radius 3 is 2.14 bits per heavy atom. The average Bonchev–Trinajstić information content (AvgIpc) is 3.18. The third kappa shape index (κ3) is 7.29. The molecule has 0 radical (unpaired) electrons. The number of nitrogens with one attached hydrogen (secondary N) is 1. The fourth-order valence-corrected chi connectivity index (χ4v) is 9.91. The Morgan fingerprint density at radius 1 is 1.00 bits per heavy atom. The number of esters is 3. The topological polar surface area (TPSA) is 215 Å². The molecule has 16 heteroatoms. The first-order chi connectivity index (χ1) is 27.5. The third-order valence-corrected chi connectivity index (χ3v) is 15.9. The van der Waals surface area contributed by atoms with Gasteiger partial charge in [-0.25, -0.2) is 9.59 Å². The summed E-state index contributed by atoms with van der Waals surface area (Å²) in [5.74, 6) is -5.88. The molecule has 320 valence electrons. The number of aliphatic hydroxyl groups excluding tert-OH is 3. The number of ketones is 1. The number of ether oxygens (including phenoxy) is 4. The molecule has 2 aromatic carbocycles. The van der Waals surface area contributed by atoms with Crippen molar-refractivity contribution in [3.8, 4) is 0 Å². The summed E-state index contributed by atoms with van der Waals surface area (Å²) in [7, 11) is 0. The van der Waals surface area contributed by atoms with E-state index in [9.17, 15) is 44.4 Å². The zero-order valence-electron chi connectivity index (χ0n) is 33.8. The first-order valence-corrected chi connectivity index (χ1v) is 21.2. The number of carbonyl (C=O) groups excluding carboxylic acids is 5. The van der Waals surface area contributed by atoms with Gasteiger partial charge in [0.2, 0.25) is 5.91 Å². The van der Waals surface area contributed by atoms with Gasteiger partial charge in [-0.2, -0.15) is 0 Å². The van der Waals surface area contributed by atoms with Gasteiger partial charge >= 0.3 is 17.9 Å². The standard InChI is InChI=1S/C43H51Br2NO13/c1-21-26(57-37(53)32(50)30(24-14-10-8-11-15-24)46-38(54)41(7,45)22(2)44)19-43(55)35(58-36(52)25-16-12-9-13-17-25)33-40(6,34(51)31(49)29(21)39(43,4)5)27(48)18-28-42(33,20-56-28)59-23(3)47/h8-17,22,26-28,30-33,35,48-50,55H,18-20H2,1-7H3,(H,46,54)/t22-,26-,27+,28+,30-,31+,32+,33-,35-,40+,41-,42-,43+/m0/s1. The molecule has 14 nitrogen and oxygen atoms in total. The van der Waals surface area contributed by atoms with Crippen molar-refractivity contribution in [3.63, 3.8) is 0 Å². The minimum Gasteiger partial charge on any atom is -0.456 e. The summed E-state index contributed by atoms with van der Waals surface area (Å²) >= 11 is 6.84. The van der Waals surface area contributed by atoms with Crippen LogP contribution in [0.4, 0.5) is 0 Å². The summed E-state index contributed by atoms with van der Waals surface area (Å²) in [5, 5.41) is 52.0. The van der Waals surface area contributed by atoms with Crippen LogP contribution in [0.1, 0.15) is 83.3 Å². The highest BCUT2D eigenvalue weighted by atomic mass is 79.9. The average molecular weight is 950 g/mol. The summed E-state index contributed by atoms with van der Waals surface area (Å²) < 4.78 is 23.0. The molecule has 2 aromatic rings. The van der Waals surface area contributed by atoms with Crippen molar-refractivity contribution in [2.45, 2.75) is 124 Å². The maximum atomic E-state index is 15.0. The van der Waals surface area contributed by atoms with Crippen molar-refractivity contribution < 1.29 is 63.3 Å². The van der Waals surface area contributed by atoms with E-state index in [1.165, 1.54) is 26.0 Å². The summed E-state index contributed by atoms with van der Waals surface area (Å²) in [6, 6.07) is 14.8. The van der Waals surface area contributed by atoms with Gasteiger partial charge in [-0.3, -0.25) is 14.4 Å². The highest BCUT2D eigenvalue weighted by Gasteiger charge is 2.78. The van der Waals surface area contributed by atoms with Crippen LogP contribution < -0.4 is 5.32 Å². The predicted molar refractivity (Wildman–Crippen MR) is 218 cm³/mol. The van der Waals surface area contributed by atoms with Crippen LogP contribution in [-0.2, 0) is 38.1 Å². The largest absolute Gasteiger partial charge is 0.456 e. The van der Waals surface area contributed by atoms with E-state index in [1.807, 2.05) is 0 Å². The van der Waals surface area contributed by atoms with Crippen LogP contribution in [0, 0.1) is 16.7 Å². The lowest BCUT2D eigenvalue weighted by atomic mass is 9.44. The van der Waals surface area contributed by atoms with Crippen molar-refractivity contribution in [2.75, 3.05) is 6.61 Å². The number of hydrogen-bond acceptors (Lipinski definition) is 13.